The standard InChI is InChI=1S/C15H21NO2/c1-12-5-7-14(8-6-12)15(17)16-9-3-4-13(10-16)11-18-2/h5-8,13H,3-4,9-11H2,1-2H3. The lowest BCUT2D eigenvalue weighted by molar-refractivity contribution is 0.0571. The number of hydrogen-bond acceptors (Lipinski definition) is 2. The SMILES string of the molecule is COCC1CCCN(C(=O)c2ccc(C)cc2)C1. The molecule has 1 heterocycles. The summed E-state index contributed by atoms with van der Waals surface area (Å²) in [6, 6.07) is 7.81. The molecule has 1 saturated heterocycles. The van der Waals surface area contributed by atoms with Crippen LogP contribution in [0.1, 0.15) is 28.8 Å². The van der Waals surface area contributed by atoms with Gasteiger partial charge in [-0.2, -0.15) is 0 Å². The van der Waals surface area contributed by atoms with Gasteiger partial charge in [-0.05, 0) is 37.8 Å². The van der Waals surface area contributed by atoms with Gasteiger partial charge in [-0.1, -0.05) is 17.7 Å². The summed E-state index contributed by atoms with van der Waals surface area (Å²) in [4.78, 5) is 14.3. The molecule has 18 heavy (non-hydrogen) atoms. The Balaban J connectivity index is 2.02. The molecule has 1 atom stereocenters. The largest absolute Gasteiger partial charge is 0.384 e. The molecule has 0 aliphatic carbocycles. The summed E-state index contributed by atoms with van der Waals surface area (Å²) >= 11 is 0. The fraction of sp³-hybridized carbons (Fsp3) is 0.533. The molecule has 0 N–H and O–H groups in total. The predicted molar refractivity (Wildman–Crippen MR) is 71.7 cm³/mol. The number of benzene rings is 1. The molecule has 0 aromatic heterocycles. The van der Waals surface area contributed by atoms with E-state index in [0.29, 0.717) is 5.92 Å². The summed E-state index contributed by atoms with van der Waals surface area (Å²) in [6.07, 6.45) is 2.23. The molecule has 1 fully saturated rings. The van der Waals surface area contributed by atoms with Crippen molar-refractivity contribution in [2.75, 3.05) is 26.8 Å². The molecule has 1 amide bonds. The lowest BCUT2D eigenvalue weighted by Gasteiger charge is -2.32. The summed E-state index contributed by atoms with van der Waals surface area (Å²) in [6.45, 7) is 4.47. The van der Waals surface area contributed by atoms with Gasteiger partial charge in [0.05, 0.1) is 6.61 Å². The molecular weight excluding hydrogens is 226 g/mol. The monoisotopic (exact) mass is 247 g/mol. The van der Waals surface area contributed by atoms with Crippen molar-refractivity contribution >= 4 is 5.91 Å². The fourth-order valence-electron chi connectivity index (χ4n) is 2.50. The van der Waals surface area contributed by atoms with Crippen LogP contribution in [0.5, 0.6) is 0 Å². The maximum absolute atomic E-state index is 12.3. The quantitative estimate of drug-likeness (QED) is 0.821. The first-order valence-electron chi connectivity index (χ1n) is 6.55. The van der Waals surface area contributed by atoms with Gasteiger partial charge in [0.15, 0.2) is 0 Å². The van der Waals surface area contributed by atoms with Crippen LogP contribution in [0.15, 0.2) is 24.3 Å². The van der Waals surface area contributed by atoms with E-state index in [4.69, 9.17) is 4.74 Å². The lowest BCUT2D eigenvalue weighted by Crippen LogP contribution is -2.41. The van der Waals surface area contributed by atoms with Gasteiger partial charge in [0.25, 0.3) is 5.91 Å². The molecule has 0 radical (unpaired) electrons. The molecule has 3 heteroatoms. The van der Waals surface area contributed by atoms with E-state index in [0.717, 1.165) is 38.1 Å². The van der Waals surface area contributed by atoms with Crippen LogP contribution >= 0.6 is 0 Å². The van der Waals surface area contributed by atoms with Crippen molar-refractivity contribution in [2.45, 2.75) is 19.8 Å². The number of carbonyl (C=O) groups excluding carboxylic acids is 1. The molecule has 3 nitrogen and oxygen atoms in total. The van der Waals surface area contributed by atoms with E-state index in [9.17, 15) is 4.79 Å². The zero-order valence-corrected chi connectivity index (χ0v) is 11.2. The van der Waals surface area contributed by atoms with Gasteiger partial charge < -0.3 is 9.64 Å². The van der Waals surface area contributed by atoms with Gasteiger partial charge in [-0.3, -0.25) is 4.79 Å². The van der Waals surface area contributed by atoms with Gasteiger partial charge in [-0.15, -0.1) is 0 Å². The minimum atomic E-state index is 0.149. The van der Waals surface area contributed by atoms with E-state index in [1.54, 1.807) is 7.11 Å². The van der Waals surface area contributed by atoms with Gasteiger partial charge >= 0.3 is 0 Å². The van der Waals surface area contributed by atoms with Crippen LogP contribution in [-0.2, 0) is 4.74 Å². The second kappa shape index (κ2) is 6.01. The highest BCUT2D eigenvalue weighted by Gasteiger charge is 2.24. The minimum Gasteiger partial charge on any atom is -0.384 e. The second-order valence-electron chi connectivity index (χ2n) is 5.08. The Kier molecular flexibility index (Phi) is 4.37. The molecule has 2 rings (SSSR count). The highest BCUT2D eigenvalue weighted by Crippen LogP contribution is 2.19. The van der Waals surface area contributed by atoms with Gasteiger partial charge in [-0.25, -0.2) is 0 Å². The molecule has 1 aromatic rings. The topological polar surface area (TPSA) is 29.5 Å². The van der Waals surface area contributed by atoms with Gasteiger partial charge in [0.1, 0.15) is 0 Å². The van der Waals surface area contributed by atoms with E-state index in [1.807, 2.05) is 36.1 Å². The summed E-state index contributed by atoms with van der Waals surface area (Å²) in [7, 11) is 1.72. The molecule has 0 saturated carbocycles. The zero-order chi connectivity index (χ0) is 13.0. The number of ether oxygens (including phenoxy) is 1. The molecule has 0 spiro atoms. The van der Waals surface area contributed by atoms with Crippen LogP contribution in [0.2, 0.25) is 0 Å². The van der Waals surface area contributed by atoms with Crippen molar-refractivity contribution in [2.24, 2.45) is 5.92 Å². The number of piperidine rings is 1. The second-order valence-corrected chi connectivity index (χ2v) is 5.08. The van der Waals surface area contributed by atoms with Crippen molar-refractivity contribution in [3.63, 3.8) is 0 Å². The van der Waals surface area contributed by atoms with E-state index in [-0.39, 0.29) is 5.91 Å². The van der Waals surface area contributed by atoms with Crippen molar-refractivity contribution in [1.29, 1.82) is 0 Å². The molecule has 1 aliphatic heterocycles. The number of hydrogen-bond donors (Lipinski definition) is 0. The average molecular weight is 247 g/mol. The smallest absolute Gasteiger partial charge is 0.253 e. The minimum absolute atomic E-state index is 0.149. The summed E-state index contributed by atoms with van der Waals surface area (Å²) in [5.74, 6) is 0.633. The third-order valence-corrected chi connectivity index (χ3v) is 3.51. The maximum atomic E-state index is 12.3. The predicted octanol–water partition coefficient (Wildman–Crippen LogP) is 2.49. The Hall–Kier alpha value is -1.35. The van der Waals surface area contributed by atoms with Crippen LogP contribution in [0, 0.1) is 12.8 Å². The number of methoxy groups -OCH3 is 1. The summed E-state index contributed by atoms with van der Waals surface area (Å²) in [5, 5.41) is 0. The van der Waals surface area contributed by atoms with Gasteiger partial charge in [0.2, 0.25) is 0 Å². The third kappa shape index (κ3) is 3.10. The highest BCUT2D eigenvalue weighted by molar-refractivity contribution is 5.94. The molecule has 1 unspecified atom stereocenters. The number of rotatable bonds is 3. The number of nitrogens with zero attached hydrogens (tertiary/aromatic N) is 1. The van der Waals surface area contributed by atoms with Crippen molar-refractivity contribution in [3.8, 4) is 0 Å². The van der Waals surface area contributed by atoms with E-state index >= 15 is 0 Å². The molecule has 98 valence electrons. The van der Waals surface area contributed by atoms with E-state index in [2.05, 4.69) is 0 Å². The van der Waals surface area contributed by atoms with Crippen LogP contribution in [0.3, 0.4) is 0 Å². The van der Waals surface area contributed by atoms with Crippen LogP contribution in [-0.4, -0.2) is 37.6 Å². The summed E-state index contributed by atoms with van der Waals surface area (Å²) in [5.41, 5.74) is 1.97. The Morgan fingerprint density at radius 3 is 2.78 bits per heavy atom. The molecule has 0 bridgehead atoms. The first kappa shape index (κ1) is 13.1. The van der Waals surface area contributed by atoms with E-state index in [1.165, 1.54) is 5.56 Å². The van der Waals surface area contributed by atoms with Crippen molar-refractivity contribution in [1.82, 2.24) is 4.90 Å². The molecule has 1 aliphatic rings. The Morgan fingerprint density at radius 1 is 1.39 bits per heavy atom. The van der Waals surface area contributed by atoms with Crippen LogP contribution < -0.4 is 0 Å². The maximum Gasteiger partial charge on any atom is 0.253 e. The number of amides is 1. The number of likely N-dealkylation sites (tertiary alicyclic amines) is 1. The first-order valence-corrected chi connectivity index (χ1v) is 6.55. The Labute approximate surface area is 109 Å². The zero-order valence-electron chi connectivity index (χ0n) is 11.2. The summed E-state index contributed by atoms with van der Waals surface area (Å²) < 4.78 is 5.19. The van der Waals surface area contributed by atoms with E-state index < -0.39 is 0 Å². The van der Waals surface area contributed by atoms with Crippen molar-refractivity contribution < 1.29 is 9.53 Å². The number of aryl methyl sites for hydroxylation is 1. The third-order valence-electron chi connectivity index (χ3n) is 3.51. The van der Waals surface area contributed by atoms with Crippen molar-refractivity contribution in [3.05, 3.63) is 35.4 Å². The normalized spacial score (nSPS) is 19.9. The van der Waals surface area contributed by atoms with Gasteiger partial charge in [0, 0.05) is 25.8 Å². The van der Waals surface area contributed by atoms with Crippen LogP contribution in [0.25, 0.3) is 0 Å². The Morgan fingerprint density at radius 2 is 2.11 bits per heavy atom. The molecule has 1 aromatic carbocycles. The Bertz CT molecular complexity index is 397. The lowest BCUT2D eigenvalue weighted by atomic mass is 9.98. The molecular formula is C15H21NO2. The highest BCUT2D eigenvalue weighted by atomic mass is 16.5. The van der Waals surface area contributed by atoms with Crippen LogP contribution in [0.4, 0.5) is 0 Å². The fourth-order valence-corrected chi connectivity index (χ4v) is 2.50. The number of carbonyl (C=O) groups is 1. The first-order chi connectivity index (χ1) is 8.70. The average Bonchev–Trinajstić information content (AvgIpc) is 2.39.